The molecule has 0 spiro atoms. The van der Waals surface area contributed by atoms with Crippen molar-refractivity contribution < 1.29 is 4.74 Å². The standard InChI is InChI=1S/C13H21N3O/c1-2-16-12-6-8-17-9-10(12)13(15-16)11-5-3-4-7-14-11/h11,14H,2-9H2,1H3. The lowest BCUT2D eigenvalue weighted by molar-refractivity contribution is 0.108. The lowest BCUT2D eigenvalue weighted by Gasteiger charge is -2.23. The summed E-state index contributed by atoms with van der Waals surface area (Å²) in [5.74, 6) is 0. The quantitative estimate of drug-likeness (QED) is 0.849. The van der Waals surface area contributed by atoms with Crippen LogP contribution in [-0.4, -0.2) is 22.9 Å². The minimum atomic E-state index is 0.451. The van der Waals surface area contributed by atoms with Gasteiger partial charge in [-0.05, 0) is 26.3 Å². The normalized spacial score (nSPS) is 24.6. The van der Waals surface area contributed by atoms with Crippen molar-refractivity contribution in [3.05, 3.63) is 17.0 Å². The fraction of sp³-hybridized carbons (Fsp3) is 0.769. The fourth-order valence-electron chi connectivity index (χ4n) is 2.96. The van der Waals surface area contributed by atoms with Gasteiger partial charge in [-0.3, -0.25) is 4.68 Å². The van der Waals surface area contributed by atoms with E-state index in [1.807, 2.05) is 0 Å². The molecule has 0 aromatic carbocycles. The number of aromatic nitrogens is 2. The second-order valence-corrected chi connectivity index (χ2v) is 4.93. The molecule has 0 amide bonds. The van der Waals surface area contributed by atoms with Crippen molar-refractivity contribution in [2.75, 3.05) is 13.2 Å². The molecule has 4 heteroatoms. The van der Waals surface area contributed by atoms with Crippen molar-refractivity contribution in [3.8, 4) is 0 Å². The van der Waals surface area contributed by atoms with E-state index in [0.29, 0.717) is 6.04 Å². The summed E-state index contributed by atoms with van der Waals surface area (Å²) in [5, 5.41) is 8.40. The zero-order valence-corrected chi connectivity index (χ0v) is 10.5. The Hall–Kier alpha value is -0.870. The Morgan fingerprint density at radius 3 is 3.18 bits per heavy atom. The van der Waals surface area contributed by atoms with Crippen LogP contribution in [0.3, 0.4) is 0 Å². The molecule has 0 aliphatic carbocycles. The Bertz CT molecular complexity index is 394. The van der Waals surface area contributed by atoms with Crippen molar-refractivity contribution in [1.29, 1.82) is 0 Å². The van der Waals surface area contributed by atoms with Gasteiger partial charge < -0.3 is 10.1 Å². The minimum Gasteiger partial charge on any atom is -0.376 e. The Balaban J connectivity index is 1.95. The van der Waals surface area contributed by atoms with E-state index in [1.54, 1.807) is 0 Å². The summed E-state index contributed by atoms with van der Waals surface area (Å²) in [4.78, 5) is 0. The highest BCUT2D eigenvalue weighted by atomic mass is 16.5. The lowest BCUT2D eigenvalue weighted by Crippen LogP contribution is -2.28. The number of piperidine rings is 1. The van der Waals surface area contributed by atoms with Gasteiger partial charge in [-0.15, -0.1) is 0 Å². The number of fused-ring (bicyclic) bond motifs is 1. The molecule has 2 aliphatic heterocycles. The molecule has 2 aliphatic rings. The summed E-state index contributed by atoms with van der Waals surface area (Å²) in [6.07, 6.45) is 4.84. The minimum absolute atomic E-state index is 0.451. The number of aryl methyl sites for hydroxylation is 1. The number of hydrogen-bond donors (Lipinski definition) is 1. The van der Waals surface area contributed by atoms with Crippen molar-refractivity contribution in [2.45, 2.75) is 51.8 Å². The molecule has 1 atom stereocenters. The van der Waals surface area contributed by atoms with Gasteiger partial charge in [0.15, 0.2) is 0 Å². The molecule has 1 N–H and O–H groups in total. The number of rotatable bonds is 2. The van der Waals surface area contributed by atoms with Crippen LogP contribution in [-0.2, 0) is 24.3 Å². The number of ether oxygens (including phenoxy) is 1. The van der Waals surface area contributed by atoms with Crippen molar-refractivity contribution >= 4 is 0 Å². The van der Waals surface area contributed by atoms with E-state index in [4.69, 9.17) is 9.84 Å². The third-order valence-corrected chi connectivity index (χ3v) is 3.87. The average Bonchev–Trinajstić information content (AvgIpc) is 2.78. The molecule has 0 saturated carbocycles. The maximum atomic E-state index is 5.60. The topological polar surface area (TPSA) is 39.1 Å². The highest BCUT2D eigenvalue weighted by Gasteiger charge is 2.26. The Kier molecular flexibility index (Phi) is 3.16. The van der Waals surface area contributed by atoms with E-state index >= 15 is 0 Å². The van der Waals surface area contributed by atoms with Gasteiger partial charge in [-0.1, -0.05) is 6.42 Å². The van der Waals surface area contributed by atoms with Crippen molar-refractivity contribution in [1.82, 2.24) is 15.1 Å². The average molecular weight is 235 g/mol. The summed E-state index contributed by atoms with van der Waals surface area (Å²) >= 11 is 0. The van der Waals surface area contributed by atoms with Crippen LogP contribution >= 0.6 is 0 Å². The number of hydrogen-bond acceptors (Lipinski definition) is 3. The third kappa shape index (κ3) is 2.00. The summed E-state index contributed by atoms with van der Waals surface area (Å²) in [5.41, 5.74) is 4.01. The zero-order valence-electron chi connectivity index (χ0n) is 10.5. The lowest BCUT2D eigenvalue weighted by atomic mass is 9.97. The molecule has 3 heterocycles. The van der Waals surface area contributed by atoms with Gasteiger partial charge in [-0.25, -0.2) is 0 Å². The molecule has 1 aromatic rings. The fourth-order valence-corrected chi connectivity index (χ4v) is 2.96. The molecule has 1 aromatic heterocycles. The molecule has 94 valence electrons. The predicted molar refractivity (Wildman–Crippen MR) is 65.9 cm³/mol. The van der Waals surface area contributed by atoms with Crippen LogP contribution < -0.4 is 5.32 Å². The highest BCUT2D eigenvalue weighted by Crippen LogP contribution is 2.29. The molecule has 1 saturated heterocycles. The summed E-state index contributed by atoms with van der Waals surface area (Å²) in [6, 6.07) is 0.451. The van der Waals surface area contributed by atoms with Crippen LogP contribution in [0.4, 0.5) is 0 Å². The van der Waals surface area contributed by atoms with Crippen LogP contribution in [0.15, 0.2) is 0 Å². The summed E-state index contributed by atoms with van der Waals surface area (Å²) < 4.78 is 7.77. The summed E-state index contributed by atoms with van der Waals surface area (Å²) in [7, 11) is 0. The van der Waals surface area contributed by atoms with Crippen LogP contribution in [0.25, 0.3) is 0 Å². The molecule has 3 rings (SSSR count). The van der Waals surface area contributed by atoms with Crippen LogP contribution in [0.5, 0.6) is 0 Å². The van der Waals surface area contributed by atoms with E-state index in [0.717, 1.165) is 32.7 Å². The van der Waals surface area contributed by atoms with Crippen LogP contribution in [0, 0.1) is 0 Å². The molecule has 0 radical (unpaired) electrons. The van der Waals surface area contributed by atoms with Gasteiger partial charge in [0.1, 0.15) is 0 Å². The van der Waals surface area contributed by atoms with Crippen molar-refractivity contribution in [3.63, 3.8) is 0 Å². The first-order valence-corrected chi connectivity index (χ1v) is 6.79. The van der Waals surface area contributed by atoms with E-state index in [9.17, 15) is 0 Å². The highest BCUT2D eigenvalue weighted by molar-refractivity contribution is 5.30. The monoisotopic (exact) mass is 235 g/mol. The Labute approximate surface area is 102 Å². The van der Waals surface area contributed by atoms with Crippen LogP contribution in [0.2, 0.25) is 0 Å². The molecular weight excluding hydrogens is 214 g/mol. The smallest absolute Gasteiger partial charge is 0.0852 e. The second-order valence-electron chi connectivity index (χ2n) is 4.93. The van der Waals surface area contributed by atoms with Crippen molar-refractivity contribution in [2.24, 2.45) is 0 Å². The molecule has 1 fully saturated rings. The van der Waals surface area contributed by atoms with Gasteiger partial charge in [0.05, 0.1) is 24.9 Å². The molecule has 17 heavy (non-hydrogen) atoms. The maximum absolute atomic E-state index is 5.60. The Morgan fingerprint density at radius 2 is 2.41 bits per heavy atom. The molecule has 0 bridgehead atoms. The number of nitrogens with zero attached hydrogens (tertiary/aromatic N) is 2. The first-order valence-electron chi connectivity index (χ1n) is 6.79. The van der Waals surface area contributed by atoms with Crippen LogP contribution in [0.1, 0.15) is 49.2 Å². The Morgan fingerprint density at radius 1 is 1.47 bits per heavy atom. The van der Waals surface area contributed by atoms with E-state index in [1.165, 1.54) is 36.2 Å². The first-order chi connectivity index (χ1) is 8.40. The molecule has 1 unspecified atom stereocenters. The summed E-state index contributed by atoms with van der Waals surface area (Å²) in [6.45, 7) is 5.86. The molecular formula is C13H21N3O. The predicted octanol–water partition coefficient (Wildman–Crippen LogP) is 1.79. The van der Waals surface area contributed by atoms with E-state index in [-0.39, 0.29) is 0 Å². The van der Waals surface area contributed by atoms with Gasteiger partial charge >= 0.3 is 0 Å². The van der Waals surface area contributed by atoms with E-state index < -0.39 is 0 Å². The van der Waals surface area contributed by atoms with Gasteiger partial charge in [-0.2, -0.15) is 5.10 Å². The number of nitrogens with one attached hydrogen (secondary N) is 1. The van der Waals surface area contributed by atoms with Gasteiger partial charge in [0.25, 0.3) is 0 Å². The molecule has 4 nitrogen and oxygen atoms in total. The largest absolute Gasteiger partial charge is 0.376 e. The third-order valence-electron chi connectivity index (χ3n) is 3.87. The SMILES string of the molecule is CCn1nc(C2CCCCN2)c2c1CCOC2. The van der Waals surface area contributed by atoms with Gasteiger partial charge in [0, 0.05) is 24.2 Å². The second kappa shape index (κ2) is 4.78. The zero-order chi connectivity index (χ0) is 11.7. The van der Waals surface area contributed by atoms with E-state index in [2.05, 4.69) is 16.9 Å². The maximum Gasteiger partial charge on any atom is 0.0852 e. The first kappa shape index (κ1) is 11.2. The van der Waals surface area contributed by atoms with Gasteiger partial charge in [0.2, 0.25) is 0 Å².